The number of sulfonamides is 1. The number of carbonyl (C=O) groups excluding carboxylic acids is 1. The zero-order valence-electron chi connectivity index (χ0n) is 18.1. The van der Waals surface area contributed by atoms with Crippen LogP contribution in [0.2, 0.25) is 0 Å². The third-order valence-corrected chi connectivity index (χ3v) is 5.85. The van der Waals surface area contributed by atoms with E-state index in [9.17, 15) is 26.4 Å². The fourth-order valence-electron chi connectivity index (χ4n) is 2.80. The molecule has 13 heteroatoms. The van der Waals surface area contributed by atoms with Crippen LogP contribution in [0.15, 0.2) is 48.8 Å². The van der Waals surface area contributed by atoms with E-state index >= 15 is 0 Å². The van der Waals surface area contributed by atoms with Crippen molar-refractivity contribution in [1.82, 2.24) is 15.0 Å². The van der Waals surface area contributed by atoms with Crippen molar-refractivity contribution in [3.05, 3.63) is 65.5 Å². The molecule has 0 aliphatic rings. The van der Waals surface area contributed by atoms with Crippen LogP contribution in [0.3, 0.4) is 0 Å². The van der Waals surface area contributed by atoms with Crippen LogP contribution < -0.4 is 15.4 Å². The number of carbonyl (C=O) groups is 1. The van der Waals surface area contributed by atoms with Crippen molar-refractivity contribution < 1.29 is 26.4 Å². The molecule has 0 atom stereocenters. The molecule has 0 radical (unpaired) electrons. The first-order valence-electron chi connectivity index (χ1n) is 9.99. The van der Waals surface area contributed by atoms with Gasteiger partial charge in [-0.25, -0.2) is 18.4 Å². The second-order valence-corrected chi connectivity index (χ2v) is 9.10. The third kappa shape index (κ3) is 6.41. The molecule has 34 heavy (non-hydrogen) atoms. The molecule has 0 saturated carbocycles. The summed E-state index contributed by atoms with van der Waals surface area (Å²) >= 11 is 0. The third-order valence-electron chi connectivity index (χ3n) is 4.59. The Hall–Kier alpha value is -3.74. The standard InChI is InChI=1S/C21H21F3N6O3S/c1-3-34(32,33)30-18-15(7-5-9-25-18)11-26-19-17(21(22,23)24)12-27-20(29-19)28-16-8-4-6-14(10-16)13(2)31/h4-10,12H,3,11H2,1-2H3,(H,25,30)(H2,26,27,28,29). The zero-order chi connectivity index (χ0) is 24.9. The Labute approximate surface area is 193 Å². The van der Waals surface area contributed by atoms with Crippen LogP contribution in [0.4, 0.5) is 36.4 Å². The molecular formula is C21H21F3N6O3S. The van der Waals surface area contributed by atoms with Crippen LogP contribution in [0.25, 0.3) is 0 Å². The number of pyridine rings is 1. The van der Waals surface area contributed by atoms with Gasteiger partial charge in [0.2, 0.25) is 16.0 Å². The van der Waals surface area contributed by atoms with Crippen molar-refractivity contribution in [3.63, 3.8) is 0 Å². The highest BCUT2D eigenvalue weighted by Gasteiger charge is 2.35. The Kier molecular flexibility index (Phi) is 7.35. The Bertz CT molecular complexity index is 1300. The highest BCUT2D eigenvalue weighted by atomic mass is 32.2. The number of benzene rings is 1. The summed E-state index contributed by atoms with van der Waals surface area (Å²) in [7, 11) is -3.64. The maximum Gasteiger partial charge on any atom is 0.421 e. The molecule has 2 heterocycles. The highest BCUT2D eigenvalue weighted by Crippen LogP contribution is 2.34. The summed E-state index contributed by atoms with van der Waals surface area (Å²) < 4.78 is 66.7. The van der Waals surface area contributed by atoms with Crippen LogP contribution in [0.5, 0.6) is 0 Å². The van der Waals surface area contributed by atoms with E-state index in [1.165, 1.54) is 38.2 Å². The van der Waals surface area contributed by atoms with Crippen LogP contribution >= 0.6 is 0 Å². The number of halogens is 3. The summed E-state index contributed by atoms with van der Waals surface area (Å²) in [6.07, 6.45) is -2.74. The lowest BCUT2D eigenvalue weighted by Gasteiger charge is -2.16. The highest BCUT2D eigenvalue weighted by molar-refractivity contribution is 7.92. The molecule has 0 aliphatic carbocycles. The molecule has 0 saturated heterocycles. The topological polar surface area (TPSA) is 126 Å². The zero-order valence-corrected chi connectivity index (χ0v) is 19.0. The molecule has 9 nitrogen and oxygen atoms in total. The average Bonchev–Trinajstić information content (AvgIpc) is 2.78. The van der Waals surface area contributed by atoms with E-state index in [4.69, 9.17) is 0 Å². The summed E-state index contributed by atoms with van der Waals surface area (Å²) in [6.45, 7) is 2.64. The fraction of sp³-hybridized carbons (Fsp3) is 0.238. The van der Waals surface area contributed by atoms with E-state index < -0.39 is 27.6 Å². The molecular weight excluding hydrogens is 473 g/mol. The molecule has 180 valence electrons. The van der Waals surface area contributed by atoms with Gasteiger partial charge < -0.3 is 10.6 Å². The molecule has 2 aromatic heterocycles. The van der Waals surface area contributed by atoms with Crippen LogP contribution in [-0.2, 0) is 22.7 Å². The van der Waals surface area contributed by atoms with Gasteiger partial charge in [-0.05, 0) is 32.0 Å². The predicted octanol–water partition coefficient (Wildman–Crippen LogP) is 4.21. The second kappa shape index (κ2) is 10.0. The minimum atomic E-state index is -4.74. The van der Waals surface area contributed by atoms with Crippen molar-refractivity contribution in [1.29, 1.82) is 0 Å². The van der Waals surface area contributed by atoms with E-state index in [0.29, 0.717) is 23.0 Å². The summed E-state index contributed by atoms with van der Waals surface area (Å²) in [5, 5.41) is 5.38. The largest absolute Gasteiger partial charge is 0.421 e. The van der Waals surface area contributed by atoms with Gasteiger partial charge in [0.1, 0.15) is 17.2 Å². The molecule has 1 aromatic carbocycles. The number of Topliss-reactive ketones (excluding diaryl/α,β-unsaturated/α-hetero) is 1. The number of anilines is 4. The van der Waals surface area contributed by atoms with Gasteiger partial charge in [0.15, 0.2) is 5.78 Å². The number of aromatic nitrogens is 3. The van der Waals surface area contributed by atoms with Gasteiger partial charge in [0, 0.05) is 35.8 Å². The van der Waals surface area contributed by atoms with E-state index in [0.717, 1.165) is 0 Å². The summed E-state index contributed by atoms with van der Waals surface area (Å²) in [6, 6.07) is 9.41. The van der Waals surface area contributed by atoms with E-state index in [1.807, 2.05) is 0 Å². The van der Waals surface area contributed by atoms with E-state index in [2.05, 4.69) is 30.3 Å². The maximum atomic E-state index is 13.5. The molecule has 0 amide bonds. The Balaban J connectivity index is 1.89. The smallest absolute Gasteiger partial charge is 0.365 e. The van der Waals surface area contributed by atoms with Crippen molar-refractivity contribution in [3.8, 4) is 0 Å². The lowest BCUT2D eigenvalue weighted by atomic mass is 10.1. The van der Waals surface area contributed by atoms with Gasteiger partial charge in [0.25, 0.3) is 0 Å². The SMILES string of the molecule is CCS(=O)(=O)Nc1ncccc1CNc1nc(Nc2cccc(C(C)=O)c2)ncc1C(F)(F)F. The van der Waals surface area contributed by atoms with Crippen LogP contribution in [0.1, 0.15) is 35.3 Å². The summed E-state index contributed by atoms with van der Waals surface area (Å²) in [4.78, 5) is 23.2. The number of hydrogen-bond acceptors (Lipinski definition) is 8. The number of rotatable bonds is 9. The van der Waals surface area contributed by atoms with Crippen molar-refractivity contribution in [2.45, 2.75) is 26.6 Å². The van der Waals surface area contributed by atoms with Crippen molar-refractivity contribution >= 4 is 39.1 Å². The summed E-state index contributed by atoms with van der Waals surface area (Å²) in [5.74, 6) is -1.01. The Morgan fingerprint density at radius 1 is 1.09 bits per heavy atom. The van der Waals surface area contributed by atoms with Gasteiger partial charge in [-0.15, -0.1) is 0 Å². The minimum Gasteiger partial charge on any atom is -0.365 e. The lowest BCUT2D eigenvalue weighted by Crippen LogP contribution is -2.18. The van der Waals surface area contributed by atoms with Crippen LogP contribution in [-0.4, -0.2) is 34.9 Å². The van der Waals surface area contributed by atoms with E-state index in [1.54, 1.807) is 18.2 Å². The van der Waals surface area contributed by atoms with Gasteiger partial charge in [-0.3, -0.25) is 9.52 Å². The number of nitrogens with zero attached hydrogens (tertiary/aromatic N) is 3. The average molecular weight is 494 g/mol. The summed E-state index contributed by atoms with van der Waals surface area (Å²) in [5.41, 5.74) is 0.0425. The molecule has 0 unspecified atom stereocenters. The van der Waals surface area contributed by atoms with Crippen molar-refractivity contribution in [2.75, 3.05) is 21.1 Å². The number of alkyl halides is 3. The van der Waals surface area contributed by atoms with Crippen LogP contribution in [0, 0.1) is 0 Å². The first kappa shape index (κ1) is 24.9. The monoisotopic (exact) mass is 494 g/mol. The maximum absolute atomic E-state index is 13.5. The van der Waals surface area contributed by atoms with Gasteiger partial charge in [-0.2, -0.15) is 18.2 Å². The molecule has 0 aliphatic heterocycles. The molecule has 3 aromatic rings. The first-order chi connectivity index (χ1) is 16.0. The van der Waals surface area contributed by atoms with Gasteiger partial charge in [0.05, 0.1) is 5.75 Å². The predicted molar refractivity (Wildman–Crippen MR) is 121 cm³/mol. The first-order valence-corrected chi connectivity index (χ1v) is 11.6. The fourth-order valence-corrected chi connectivity index (χ4v) is 3.42. The second-order valence-electron chi connectivity index (χ2n) is 7.09. The number of hydrogen-bond donors (Lipinski definition) is 3. The lowest BCUT2D eigenvalue weighted by molar-refractivity contribution is -0.137. The van der Waals surface area contributed by atoms with Gasteiger partial charge in [-0.1, -0.05) is 18.2 Å². The molecule has 0 fully saturated rings. The Morgan fingerprint density at radius 3 is 2.53 bits per heavy atom. The molecule has 0 bridgehead atoms. The number of nitrogens with one attached hydrogen (secondary N) is 3. The minimum absolute atomic E-state index is 0.00105. The van der Waals surface area contributed by atoms with Crippen molar-refractivity contribution in [2.24, 2.45) is 0 Å². The molecule has 3 rings (SSSR count). The van der Waals surface area contributed by atoms with E-state index in [-0.39, 0.29) is 29.8 Å². The normalized spacial score (nSPS) is 11.7. The quantitative estimate of drug-likeness (QED) is 0.378. The van der Waals surface area contributed by atoms with Gasteiger partial charge >= 0.3 is 6.18 Å². The number of ketones is 1. The molecule has 3 N–H and O–H groups in total. The molecule has 0 spiro atoms. The Morgan fingerprint density at radius 2 is 1.85 bits per heavy atom.